The molecule has 0 amide bonds. The predicted molar refractivity (Wildman–Crippen MR) is 58.4 cm³/mol. The Morgan fingerprint density at radius 1 is 1.07 bits per heavy atom. The number of hydrogen-bond acceptors (Lipinski definition) is 2. The third-order valence-electron chi connectivity index (χ3n) is 3.16. The van der Waals surface area contributed by atoms with Crippen LogP contribution in [0.2, 0.25) is 0 Å². The second kappa shape index (κ2) is 5.52. The van der Waals surface area contributed by atoms with E-state index in [9.17, 15) is 0 Å². The molecule has 0 aromatic carbocycles. The summed E-state index contributed by atoms with van der Waals surface area (Å²) in [7, 11) is 0. The summed E-state index contributed by atoms with van der Waals surface area (Å²) in [6.45, 7) is 1.90. The van der Waals surface area contributed by atoms with Crippen LogP contribution >= 0.6 is 0 Å². The molecule has 80 valence electrons. The second-order valence-corrected chi connectivity index (χ2v) is 4.37. The number of allylic oxidation sites excluding steroid dienone is 1. The molecule has 0 bridgehead atoms. The first kappa shape index (κ1) is 10.2. The third kappa shape index (κ3) is 3.10. The molecular formula is C12H21NO. The quantitative estimate of drug-likeness (QED) is 0.682. The van der Waals surface area contributed by atoms with E-state index in [1.165, 1.54) is 38.5 Å². The molecule has 2 rings (SSSR count). The Kier molecular flexibility index (Phi) is 4.02. The van der Waals surface area contributed by atoms with Gasteiger partial charge in [-0.15, -0.1) is 0 Å². The van der Waals surface area contributed by atoms with Crippen molar-refractivity contribution in [3.8, 4) is 0 Å². The highest BCUT2D eigenvalue weighted by Gasteiger charge is 2.16. The summed E-state index contributed by atoms with van der Waals surface area (Å²) in [4.78, 5) is 0. The van der Waals surface area contributed by atoms with Crippen molar-refractivity contribution in [2.75, 3.05) is 13.2 Å². The highest BCUT2D eigenvalue weighted by atomic mass is 16.5. The lowest BCUT2D eigenvalue weighted by Gasteiger charge is -2.24. The molecule has 0 spiro atoms. The Bertz CT molecular complexity index is 183. The van der Waals surface area contributed by atoms with Crippen LogP contribution in [0.5, 0.6) is 0 Å². The predicted octanol–water partition coefficient (Wildman–Crippen LogP) is 2.25. The van der Waals surface area contributed by atoms with Gasteiger partial charge in [0.25, 0.3) is 0 Å². The van der Waals surface area contributed by atoms with Gasteiger partial charge in [0.05, 0.1) is 0 Å². The number of ether oxygens (including phenoxy) is 1. The van der Waals surface area contributed by atoms with Gasteiger partial charge in [0.15, 0.2) is 0 Å². The van der Waals surface area contributed by atoms with E-state index in [1.807, 2.05) is 0 Å². The summed E-state index contributed by atoms with van der Waals surface area (Å²) < 4.78 is 5.46. The summed E-state index contributed by atoms with van der Waals surface area (Å²) in [5.74, 6) is 0. The van der Waals surface area contributed by atoms with Crippen molar-refractivity contribution in [2.45, 2.75) is 50.6 Å². The summed E-state index contributed by atoms with van der Waals surface area (Å²) in [6, 6.07) is 1.32. The van der Waals surface area contributed by atoms with Crippen molar-refractivity contribution in [1.29, 1.82) is 0 Å². The number of nitrogens with one attached hydrogen (secondary N) is 1. The first-order valence-electron chi connectivity index (χ1n) is 5.95. The van der Waals surface area contributed by atoms with E-state index in [-0.39, 0.29) is 0 Å². The van der Waals surface area contributed by atoms with Gasteiger partial charge in [-0.05, 0) is 38.5 Å². The summed E-state index contributed by atoms with van der Waals surface area (Å²) in [5.41, 5.74) is 0. The molecule has 2 unspecified atom stereocenters. The smallest absolute Gasteiger partial charge is 0.0480 e. The fourth-order valence-corrected chi connectivity index (χ4v) is 2.32. The molecule has 1 aliphatic heterocycles. The minimum atomic E-state index is 0.631. The Morgan fingerprint density at radius 3 is 2.93 bits per heavy atom. The largest absolute Gasteiger partial charge is 0.381 e. The van der Waals surface area contributed by atoms with Gasteiger partial charge in [-0.3, -0.25) is 0 Å². The van der Waals surface area contributed by atoms with Crippen molar-refractivity contribution in [3.05, 3.63) is 12.2 Å². The highest BCUT2D eigenvalue weighted by Crippen LogP contribution is 2.14. The zero-order valence-electron chi connectivity index (χ0n) is 8.87. The maximum atomic E-state index is 5.46. The average molecular weight is 195 g/mol. The molecular weight excluding hydrogens is 174 g/mol. The normalized spacial score (nSPS) is 34.0. The molecule has 0 aromatic heterocycles. The van der Waals surface area contributed by atoms with E-state index < -0.39 is 0 Å². The van der Waals surface area contributed by atoms with E-state index in [4.69, 9.17) is 4.74 Å². The molecule has 2 aliphatic rings. The lowest BCUT2D eigenvalue weighted by molar-refractivity contribution is 0.142. The fraction of sp³-hybridized carbons (Fsp3) is 0.833. The summed E-state index contributed by atoms with van der Waals surface area (Å²) in [6.07, 6.45) is 12.3. The van der Waals surface area contributed by atoms with E-state index in [0.29, 0.717) is 12.1 Å². The molecule has 1 fully saturated rings. The van der Waals surface area contributed by atoms with Crippen molar-refractivity contribution in [3.63, 3.8) is 0 Å². The van der Waals surface area contributed by atoms with E-state index >= 15 is 0 Å². The zero-order valence-corrected chi connectivity index (χ0v) is 8.87. The standard InChI is InChI=1S/C12H21NO/c1-2-5-11(6-3-1)13-12-7-4-9-14-10-8-12/h2,5,11-13H,1,3-4,6-10H2. The van der Waals surface area contributed by atoms with Crippen molar-refractivity contribution >= 4 is 0 Å². The molecule has 1 saturated heterocycles. The zero-order chi connectivity index (χ0) is 9.64. The average Bonchev–Trinajstić information content (AvgIpc) is 2.48. The molecule has 2 nitrogen and oxygen atoms in total. The van der Waals surface area contributed by atoms with Crippen LogP contribution in [0.25, 0.3) is 0 Å². The SMILES string of the molecule is C1=CC(NC2CCCOCC2)CCC1. The minimum Gasteiger partial charge on any atom is -0.381 e. The Labute approximate surface area is 86.7 Å². The van der Waals surface area contributed by atoms with Crippen molar-refractivity contribution in [1.82, 2.24) is 5.32 Å². The van der Waals surface area contributed by atoms with Crippen molar-refractivity contribution < 1.29 is 4.74 Å². The van der Waals surface area contributed by atoms with E-state index in [2.05, 4.69) is 17.5 Å². The molecule has 0 aromatic rings. The Hall–Kier alpha value is -0.340. The maximum Gasteiger partial charge on any atom is 0.0480 e. The molecule has 1 heterocycles. The van der Waals surface area contributed by atoms with Crippen LogP contribution in [0.15, 0.2) is 12.2 Å². The van der Waals surface area contributed by atoms with Gasteiger partial charge >= 0.3 is 0 Å². The number of rotatable bonds is 2. The van der Waals surface area contributed by atoms with E-state index in [0.717, 1.165) is 13.2 Å². The van der Waals surface area contributed by atoms with Crippen LogP contribution in [0.3, 0.4) is 0 Å². The van der Waals surface area contributed by atoms with Gasteiger partial charge in [0, 0.05) is 25.3 Å². The van der Waals surface area contributed by atoms with Crippen molar-refractivity contribution in [2.24, 2.45) is 0 Å². The van der Waals surface area contributed by atoms with Gasteiger partial charge in [-0.1, -0.05) is 12.2 Å². The van der Waals surface area contributed by atoms with Gasteiger partial charge in [-0.25, -0.2) is 0 Å². The molecule has 1 N–H and O–H groups in total. The maximum absolute atomic E-state index is 5.46. The molecule has 14 heavy (non-hydrogen) atoms. The van der Waals surface area contributed by atoms with Crippen LogP contribution in [-0.4, -0.2) is 25.3 Å². The molecule has 2 atom stereocenters. The van der Waals surface area contributed by atoms with Gasteiger partial charge in [0.1, 0.15) is 0 Å². The number of hydrogen-bond donors (Lipinski definition) is 1. The van der Waals surface area contributed by atoms with Crippen LogP contribution in [0.4, 0.5) is 0 Å². The molecule has 0 radical (unpaired) electrons. The molecule has 2 heteroatoms. The second-order valence-electron chi connectivity index (χ2n) is 4.37. The minimum absolute atomic E-state index is 0.631. The van der Waals surface area contributed by atoms with Gasteiger partial charge < -0.3 is 10.1 Å². The van der Waals surface area contributed by atoms with Crippen LogP contribution in [0, 0.1) is 0 Å². The fourth-order valence-electron chi connectivity index (χ4n) is 2.32. The monoisotopic (exact) mass is 195 g/mol. The van der Waals surface area contributed by atoms with Gasteiger partial charge in [-0.2, -0.15) is 0 Å². The summed E-state index contributed by atoms with van der Waals surface area (Å²) in [5, 5.41) is 3.73. The van der Waals surface area contributed by atoms with Crippen LogP contribution < -0.4 is 5.32 Å². The van der Waals surface area contributed by atoms with Gasteiger partial charge in [0.2, 0.25) is 0 Å². The highest BCUT2D eigenvalue weighted by molar-refractivity contribution is 4.98. The topological polar surface area (TPSA) is 21.3 Å². The first-order chi connectivity index (χ1) is 6.95. The molecule has 1 aliphatic carbocycles. The molecule has 0 saturated carbocycles. The Morgan fingerprint density at radius 2 is 2.07 bits per heavy atom. The first-order valence-corrected chi connectivity index (χ1v) is 5.95. The lowest BCUT2D eigenvalue weighted by Crippen LogP contribution is -2.38. The van der Waals surface area contributed by atoms with E-state index in [1.54, 1.807) is 0 Å². The Balaban J connectivity index is 1.76. The third-order valence-corrected chi connectivity index (χ3v) is 3.16. The lowest BCUT2D eigenvalue weighted by atomic mass is 10.0. The summed E-state index contributed by atoms with van der Waals surface area (Å²) >= 11 is 0. The van der Waals surface area contributed by atoms with Crippen LogP contribution in [0.1, 0.15) is 38.5 Å². The van der Waals surface area contributed by atoms with Crippen LogP contribution in [-0.2, 0) is 4.74 Å².